The normalized spacial score (nSPS) is 11.4. The van der Waals surface area contributed by atoms with E-state index in [-0.39, 0.29) is 5.75 Å². The lowest BCUT2D eigenvalue weighted by atomic mass is 10.2. The molecule has 0 bridgehead atoms. The third-order valence-corrected chi connectivity index (χ3v) is 4.66. The van der Waals surface area contributed by atoms with Crippen LogP contribution in [0.1, 0.15) is 5.56 Å². The Morgan fingerprint density at radius 1 is 1.12 bits per heavy atom. The van der Waals surface area contributed by atoms with E-state index in [1.54, 1.807) is 31.2 Å². The highest BCUT2D eigenvalue weighted by Crippen LogP contribution is 2.30. The van der Waals surface area contributed by atoms with Crippen LogP contribution in [0.4, 0.5) is 5.69 Å². The summed E-state index contributed by atoms with van der Waals surface area (Å²) in [5, 5.41) is 11.9. The van der Waals surface area contributed by atoms with Gasteiger partial charge in [0.15, 0.2) is 10.6 Å². The van der Waals surface area contributed by atoms with Gasteiger partial charge < -0.3 is 4.18 Å². The Bertz CT molecular complexity index is 1040. The predicted molar refractivity (Wildman–Crippen MR) is 87.4 cm³/mol. The molecule has 0 atom stereocenters. The average molecular weight is 344 g/mol. The topological polar surface area (TPSA) is 99.4 Å². The zero-order valence-corrected chi connectivity index (χ0v) is 13.4. The van der Waals surface area contributed by atoms with Crippen LogP contribution in [0.15, 0.2) is 59.6 Å². The minimum Gasteiger partial charge on any atom is -0.376 e. The van der Waals surface area contributed by atoms with Gasteiger partial charge in [-0.15, -0.1) is 0 Å². The highest BCUT2D eigenvalue weighted by molar-refractivity contribution is 7.87. The molecule has 3 aromatic rings. The molecule has 0 aliphatic heterocycles. The van der Waals surface area contributed by atoms with Crippen molar-refractivity contribution in [3.63, 3.8) is 0 Å². The maximum Gasteiger partial charge on any atom is 0.346 e. The fourth-order valence-electron chi connectivity index (χ4n) is 2.29. The largest absolute Gasteiger partial charge is 0.376 e. The summed E-state index contributed by atoms with van der Waals surface area (Å²) in [5.41, 5.74) is 0.411. The van der Waals surface area contributed by atoms with Crippen LogP contribution in [0.3, 0.4) is 0 Å². The van der Waals surface area contributed by atoms with Crippen molar-refractivity contribution in [3.8, 4) is 5.75 Å². The molecule has 24 heavy (non-hydrogen) atoms. The van der Waals surface area contributed by atoms with E-state index < -0.39 is 25.6 Å². The smallest absolute Gasteiger partial charge is 0.346 e. The van der Waals surface area contributed by atoms with E-state index in [0.717, 1.165) is 0 Å². The van der Waals surface area contributed by atoms with E-state index in [4.69, 9.17) is 4.18 Å². The average Bonchev–Trinajstić information content (AvgIpc) is 2.54. The van der Waals surface area contributed by atoms with Gasteiger partial charge in [-0.05, 0) is 30.7 Å². The maximum atomic E-state index is 12.5. The number of nitrogens with zero attached hydrogens (tertiary/aromatic N) is 2. The number of para-hydroxylation sites is 1. The van der Waals surface area contributed by atoms with Crippen LogP contribution in [-0.2, 0) is 10.1 Å². The van der Waals surface area contributed by atoms with E-state index in [2.05, 4.69) is 4.98 Å². The van der Waals surface area contributed by atoms with Crippen molar-refractivity contribution in [1.82, 2.24) is 4.98 Å². The molecule has 0 fully saturated rings. The molecular formula is C16H12N2O5S. The number of fused-ring (bicyclic) bond motifs is 1. The molecule has 0 amide bonds. The zero-order chi connectivity index (χ0) is 17.3. The Balaban J connectivity index is 2.11. The second-order valence-electron chi connectivity index (χ2n) is 5.10. The molecule has 0 saturated carbocycles. The number of benzene rings is 2. The highest BCUT2D eigenvalue weighted by Gasteiger charge is 2.28. The first kappa shape index (κ1) is 15.9. The standard InChI is InChI=1S/C16H12N2O5S/c1-11-7-8-15(13(10-11)18(19)20)24(21,22)23-14-6-2-4-12-5-3-9-17-16(12)14/h2-10H,1H3. The number of nitro groups is 1. The van der Waals surface area contributed by atoms with Gasteiger partial charge in [-0.3, -0.25) is 15.1 Å². The van der Waals surface area contributed by atoms with Crippen molar-refractivity contribution < 1.29 is 17.5 Å². The van der Waals surface area contributed by atoms with E-state index >= 15 is 0 Å². The molecule has 0 aliphatic rings. The number of hydrogen-bond acceptors (Lipinski definition) is 6. The van der Waals surface area contributed by atoms with Crippen LogP contribution >= 0.6 is 0 Å². The molecule has 0 saturated heterocycles. The number of aromatic nitrogens is 1. The van der Waals surface area contributed by atoms with Gasteiger partial charge in [0.2, 0.25) is 0 Å². The molecule has 0 radical (unpaired) electrons. The molecule has 1 aromatic heterocycles. The molecule has 1 heterocycles. The second kappa shape index (κ2) is 5.89. The van der Waals surface area contributed by atoms with E-state index in [9.17, 15) is 18.5 Å². The van der Waals surface area contributed by atoms with Crippen LogP contribution in [0.25, 0.3) is 10.9 Å². The second-order valence-corrected chi connectivity index (χ2v) is 6.61. The lowest BCUT2D eigenvalue weighted by molar-refractivity contribution is -0.387. The van der Waals surface area contributed by atoms with Crippen LogP contribution in [0, 0.1) is 17.0 Å². The SMILES string of the molecule is Cc1ccc(S(=O)(=O)Oc2cccc3cccnc23)c([N+](=O)[O-])c1. The Kier molecular flexibility index (Phi) is 3.90. The minimum absolute atomic E-state index is 0.0166. The van der Waals surface area contributed by atoms with Crippen molar-refractivity contribution >= 4 is 26.7 Å². The quantitative estimate of drug-likeness (QED) is 0.409. The van der Waals surface area contributed by atoms with Crippen molar-refractivity contribution in [2.75, 3.05) is 0 Å². The summed E-state index contributed by atoms with van der Waals surface area (Å²) in [5.74, 6) is 0.0166. The first-order valence-corrected chi connectivity index (χ1v) is 8.32. The summed E-state index contributed by atoms with van der Waals surface area (Å²) in [7, 11) is -4.38. The van der Waals surface area contributed by atoms with Crippen LogP contribution in [-0.4, -0.2) is 18.3 Å². The summed E-state index contributed by atoms with van der Waals surface area (Å²) in [6, 6.07) is 12.1. The molecule has 0 aliphatic carbocycles. The molecule has 0 spiro atoms. The van der Waals surface area contributed by atoms with Crippen molar-refractivity contribution in [2.24, 2.45) is 0 Å². The van der Waals surface area contributed by atoms with Gasteiger partial charge in [0.05, 0.1) is 4.92 Å². The molecule has 0 unspecified atom stereocenters. The fourth-order valence-corrected chi connectivity index (χ4v) is 3.37. The summed E-state index contributed by atoms with van der Waals surface area (Å²) in [6.45, 7) is 1.64. The summed E-state index contributed by atoms with van der Waals surface area (Å²) >= 11 is 0. The van der Waals surface area contributed by atoms with Gasteiger partial charge in [0.1, 0.15) is 5.52 Å². The van der Waals surface area contributed by atoms with Crippen LogP contribution in [0.5, 0.6) is 5.75 Å². The number of hydrogen-bond donors (Lipinski definition) is 0. The van der Waals surface area contributed by atoms with E-state index in [1.807, 2.05) is 0 Å². The number of nitro benzene ring substituents is 1. The molecule has 7 nitrogen and oxygen atoms in total. The van der Waals surface area contributed by atoms with Crippen molar-refractivity contribution in [2.45, 2.75) is 11.8 Å². The van der Waals surface area contributed by atoms with E-state index in [1.165, 1.54) is 30.5 Å². The molecule has 2 aromatic carbocycles. The Morgan fingerprint density at radius 2 is 1.88 bits per heavy atom. The first-order valence-electron chi connectivity index (χ1n) is 6.92. The van der Waals surface area contributed by atoms with Gasteiger partial charge in [0, 0.05) is 17.6 Å². The van der Waals surface area contributed by atoms with Gasteiger partial charge in [-0.1, -0.05) is 24.3 Å². The third kappa shape index (κ3) is 2.91. The lowest BCUT2D eigenvalue weighted by Crippen LogP contribution is -2.12. The van der Waals surface area contributed by atoms with Crippen LogP contribution < -0.4 is 4.18 Å². The fraction of sp³-hybridized carbons (Fsp3) is 0.0625. The molecule has 3 rings (SSSR count). The van der Waals surface area contributed by atoms with Gasteiger partial charge in [0.25, 0.3) is 5.69 Å². The summed E-state index contributed by atoms with van der Waals surface area (Å²) in [6.07, 6.45) is 1.51. The number of pyridine rings is 1. The minimum atomic E-state index is -4.38. The van der Waals surface area contributed by atoms with E-state index in [0.29, 0.717) is 16.5 Å². The molecule has 0 N–H and O–H groups in total. The van der Waals surface area contributed by atoms with Gasteiger partial charge in [-0.25, -0.2) is 0 Å². The third-order valence-electron chi connectivity index (χ3n) is 3.38. The van der Waals surface area contributed by atoms with Gasteiger partial charge >= 0.3 is 10.1 Å². The Labute approximate surface area is 137 Å². The molecule has 8 heteroatoms. The Hall–Kier alpha value is -3.00. The molecule has 122 valence electrons. The van der Waals surface area contributed by atoms with Gasteiger partial charge in [-0.2, -0.15) is 8.42 Å². The zero-order valence-electron chi connectivity index (χ0n) is 12.5. The molecular weight excluding hydrogens is 332 g/mol. The maximum absolute atomic E-state index is 12.5. The predicted octanol–water partition coefficient (Wildman–Crippen LogP) is 3.22. The summed E-state index contributed by atoms with van der Waals surface area (Å²) in [4.78, 5) is 14.0. The van der Waals surface area contributed by atoms with Crippen LogP contribution in [0.2, 0.25) is 0 Å². The highest BCUT2D eigenvalue weighted by atomic mass is 32.2. The summed E-state index contributed by atoms with van der Waals surface area (Å²) < 4.78 is 30.2. The lowest BCUT2D eigenvalue weighted by Gasteiger charge is -2.09. The first-order chi connectivity index (χ1) is 11.4. The van der Waals surface area contributed by atoms with Crippen molar-refractivity contribution in [1.29, 1.82) is 0 Å². The van der Waals surface area contributed by atoms with Crippen molar-refractivity contribution in [3.05, 3.63) is 70.4 Å². The number of rotatable bonds is 4. The Morgan fingerprint density at radius 3 is 2.62 bits per heavy atom. The monoisotopic (exact) mass is 344 g/mol. The number of aryl methyl sites for hydroxylation is 1.